The highest BCUT2D eigenvalue weighted by atomic mass is 32.1. The van der Waals surface area contributed by atoms with E-state index >= 15 is 0 Å². The molecule has 0 radical (unpaired) electrons. The first-order valence-electron chi connectivity index (χ1n) is 6.06. The topological polar surface area (TPSA) is 29.3 Å². The van der Waals surface area contributed by atoms with Crippen LogP contribution in [0.2, 0.25) is 0 Å². The van der Waals surface area contributed by atoms with E-state index in [-0.39, 0.29) is 5.54 Å². The van der Waals surface area contributed by atoms with Gasteiger partial charge in [0.05, 0.1) is 0 Å². The fourth-order valence-electron chi connectivity index (χ4n) is 2.47. The van der Waals surface area contributed by atoms with E-state index in [0.29, 0.717) is 6.04 Å². The lowest BCUT2D eigenvalue weighted by atomic mass is 9.92. The molecule has 1 fully saturated rings. The van der Waals surface area contributed by atoms with E-state index in [1.165, 1.54) is 17.7 Å². The van der Waals surface area contributed by atoms with Gasteiger partial charge in [0.2, 0.25) is 0 Å². The van der Waals surface area contributed by atoms with Crippen molar-refractivity contribution in [1.29, 1.82) is 0 Å². The zero-order valence-electron chi connectivity index (χ0n) is 10.4. The van der Waals surface area contributed by atoms with Crippen LogP contribution in [0.5, 0.6) is 0 Å². The van der Waals surface area contributed by atoms with E-state index < -0.39 is 0 Å². The molecule has 1 aliphatic carbocycles. The summed E-state index contributed by atoms with van der Waals surface area (Å²) in [5.74, 6) is 0.796. The highest BCUT2D eigenvalue weighted by Crippen LogP contribution is 2.44. The van der Waals surface area contributed by atoms with E-state index in [9.17, 15) is 0 Å². The summed E-state index contributed by atoms with van der Waals surface area (Å²) in [6.07, 6.45) is 2.68. The van der Waals surface area contributed by atoms with Crippen molar-refractivity contribution in [1.82, 2.24) is 4.90 Å². The maximum absolute atomic E-state index is 6.00. The lowest BCUT2D eigenvalue weighted by molar-refractivity contribution is 0.0815. The van der Waals surface area contributed by atoms with Gasteiger partial charge in [-0.15, -0.1) is 11.3 Å². The third kappa shape index (κ3) is 2.04. The molecule has 2 rings (SSSR count). The summed E-state index contributed by atoms with van der Waals surface area (Å²) in [5.41, 5.74) is 6.17. The van der Waals surface area contributed by atoms with E-state index in [4.69, 9.17) is 5.73 Å². The SMILES string of the molecule is CC(c1cccs1)N(C)C(C)(CN)C1CC1. The molecule has 1 heterocycles. The molecule has 1 aliphatic rings. The summed E-state index contributed by atoms with van der Waals surface area (Å²) in [6, 6.07) is 4.81. The molecule has 0 aromatic carbocycles. The Balaban J connectivity index is 2.13. The van der Waals surface area contributed by atoms with Gasteiger partial charge in [-0.25, -0.2) is 0 Å². The predicted molar refractivity (Wildman–Crippen MR) is 70.7 cm³/mol. The molecule has 2 nitrogen and oxygen atoms in total. The van der Waals surface area contributed by atoms with Gasteiger partial charge >= 0.3 is 0 Å². The molecule has 0 spiro atoms. The van der Waals surface area contributed by atoms with Crippen LogP contribution in [-0.4, -0.2) is 24.0 Å². The molecule has 2 N–H and O–H groups in total. The maximum atomic E-state index is 6.00. The van der Waals surface area contributed by atoms with E-state index in [2.05, 4.69) is 43.3 Å². The standard InChI is InChI=1S/C13H22N2S/c1-10(12-5-4-8-16-12)15(3)13(2,9-14)11-6-7-11/h4-5,8,10-11H,6-7,9,14H2,1-3H3. The minimum absolute atomic E-state index is 0.170. The lowest BCUT2D eigenvalue weighted by Gasteiger charge is -2.42. The van der Waals surface area contributed by atoms with Gasteiger partial charge < -0.3 is 5.73 Å². The smallest absolute Gasteiger partial charge is 0.0416 e. The van der Waals surface area contributed by atoms with Crippen LogP contribution in [0.15, 0.2) is 17.5 Å². The van der Waals surface area contributed by atoms with E-state index in [1.807, 2.05) is 11.3 Å². The lowest BCUT2D eigenvalue weighted by Crippen LogP contribution is -2.52. The zero-order chi connectivity index (χ0) is 11.8. The minimum atomic E-state index is 0.170. The second kappa shape index (κ2) is 4.47. The zero-order valence-corrected chi connectivity index (χ0v) is 11.3. The first-order valence-corrected chi connectivity index (χ1v) is 6.94. The van der Waals surface area contributed by atoms with Crippen LogP contribution in [-0.2, 0) is 0 Å². The van der Waals surface area contributed by atoms with Crippen LogP contribution in [0.25, 0.3) is 0 Å². The molecule has 1 aromatic heterocycles. The summed E-state index contributed by atoms with van der Waals surface area (Å²) in [7, 11) is 2.22. The molecule has 90 valence electrons. The molecule has 0 amide bonds. The maximum Gasteiger partial charge on any atom is 0.0416 e. The normalized spacial score (nSPS) is 22.1. The summed E-state index contributed by atoms with van der Waals surface area (Å²) in [6.45, 7) is 5.35. The molecule has 3 heteroatoms. The van der Waals surface area contributed by atoms with Gasteiger partial charge in [0, 0.05) is 23.0 Å². The summed E-state index contributed by atoms with van der Waals surface area (Å²) >= 11 is 1.84. The highest BCUT2D eigenvalue weighted by Gasteiger charge is 2.44. The molecule has 2 atom stereocenters. The Morgan fingerprint density at radius 2 is 2.31 bits per heavy atom. The minimum Gasteiger partial charge on any atom is -0.329 e. The number of hydrogen-bond acceptors (Lipinski definition) is 3. The number of thiophene rings is 1. The molecule has 2 unspecified atom stereocenters. The molecule has 1 aromatic rings. The Morgan fingerprint density at radius 3 is 2.75 bits per heavy atom. The second-order valence-corrected chi connectivity index (χ2v) is 6.12. The molecular formula is C13H22N2S. The molecule has 0 bridgehead atoms. The largest absolute Gasteiger partial charge is 0.329 e. The van der Waals surface area contributed by atoms with Gasteiger partial charge in [-0.1, -0.05) is 6.07 Å². The Labute approximate surface area is 102 Å². The van der Waals surface area contributed by atoms with Crippen molar-refractivity contribution < 1.29 is 0 Å². The predicted octanol–water partition coefficient (Wildman–Crippen LogP) is 2.87. The van der Waals surface area contributed by atoms with Crippen molar-refractivity contribution in [3.05, 3.63) is 22.4 Å². The number of hydrogen-bond donors (Lipinski definition) is 1. The van der Waals surface area contributed by atoms with Gasteiger partial charge in [0.15, 0.2) is 0 Å². The number of likely N-dealkylation sites (N-methyl/N-ethyl adjacent to an activating group) is 1. The summed E-state index contributed by atoms with van der Waals surface area (Å²) in [4.78, 5) is 3.90. The highest BCUT2D eigenvalue weighted by molar-refractivity contribution is 7.10. The first-order chi connectivity index (χ1) is 7.59. The fraction of sp³-hybridized carbons (Fsp3) is 0.692. The van der Waals surface area contributed by atoms with Gasteiger partial charge in [0.25, 0.3) is 0 Å². The van der Waals surface area contributed by atoms with Crippen molar-refractivity contribution in [2.45, 2.75) is 38.3 Å². The van der Waals surface area contributed by atoms with Crippen molar-refractivity contribution in [3.63, 3.8) is 0 Å². The third-order valence-electron chi connectivity index (χ3n) is 4.21. The van der Waals surface area contributed by atoms with Crippen LogP contribution < -0.4 is 5.73 Å². The van der Waals surface area contributed by atoms with Gasteiger partial charge in [0.1, 0.15) is 0 Å². The number of nitrogens with zero attached hydrogens (tertiary/aromatic N) is 1. The van der Waals surface area contributed by atoms with Crippen molar-refractivity contribution in [2.24, 2.45) is 11.7 Å². The van der Waals surface area contributed by atoms with Crippen LogP contribution in [0.3, 0.4) is 0 Å². The van der Waals surface area contributed by atoms with Crippen molar-refractivity contribution in [3.8, 4) is 0 Å². The van der Waals surface area contributed by atoms with Crippen LogP contribution in [0.4, 0.5) is 0 Å². The van der Waals surface area contributed by atoms with Gasteiger partial charge in [-0.3, -0.25) is 4.90 Å². The molecular weight excluding hydrogens is 216 g/mol. The van der Waals surface area contributed by atoms with E-state index in [0.717, 1.165) is 12.5 Å². The molecule has 1 saturated carbocycles. The van der Waals surface area contributed by atoms with Crippen molar-refractivity contribution >= 4 is 11.3 Å². The monoisotopic (exact) mass is 238 g/mol. The number of rotatable bonds is 5. The molecule has 0 aliphatic heterocycles. The average Bonchev–Trinajstić information content (AvgIpc) is 3.02. The number of nitrogens with two attached hydrogens (primary N) is 1. The van der Waals surface area contributed by atoms with Crippen LogP contribution >= 0.6 is 11.3 Å². The molecule has 16 heavy (non-hydrogen) atoms. The fourth-order valence-corrected chi connectivity index (χ4v) is 3.29. The van der Waals surface area contributed by atoms with Crippen LogP contribution in [0, 0.1) is 5.92 Å². The summed E-state index contributed by atoms with van der Waals surface area (Å²) in [5, 5.41) is 2.15. The quantitative estimate of drug-likeness (QED) is 0.854. The third-order valence-corrected chi connectivity index (χ3v) is 5.25. The van der Waals surface area contributed by atoms with Crippen LogP contribution in [0.1, 0.15) is 37.6 Å². The Kier molecular flexibility index (Phi) is 3.38. The van der Waals surface area contributed by atoms with Gasteiger partial charge in [-0.2, -0.15) is 0 Å². The molecule has 0 saturated heterocycles. The van der Waals surface area contributed by atoms with Gasteiger partial charge in [-0.05, 0) is 51.1 Å². The Morgan fingerprint density at radius 1 is 1.62 bits per heavy atom. The summed E-state index contributed by atoms with van der Waals surface area (Å²) < 4.78 is 0. The Hall–Kier alpha value is -0.380. The van der Waals surface area contributed by atoms with E-state index in [1.54, 1.807) is 0 Å². The average molecular weight is 238 g/mol. The Bertz CT molecular complexity index is 332. The second-order valence-electron chi connectivity index (χ2n) is 5.14. The first kappa shape index (κ1) is 12.1. The van der Waals surface area contributed by atoms with Crippen molar-refractivity contribution in [2.75, 3.05) is 13.6 Å².